The average molecular weight is 396 g/mol. The van der Waals surface area contributed by atoms with Crippen LogP contribution in [-0.4, -0.2) is 26.0 Å². The Morgan fingerprint density at radius 3 is 2.64 bits per heavy atom. The number of aromatic nitrogens is 3. The van der Waals surface area contributed by atoms with Gasteiger partial charge in [0, 0.05) is 23.5 Å². The monoisotopic (exact) mass is 396 g/mol. The largest absolute Gasteiger partial charge is 0.573 e. The van der Waals surface area contributed by atoms with E-state index in [4.69, 9.17) is 5.73 Å². The van der Waals surface area contributed by atoms with Crippen LogP contribution in [0.25, 0.3) is 11.3 Å². The van der Waals surface area contributed by atoms with E-state index in [9.17, 15) is 18.3 Å². The van der Waals surface area contributed by atoms with Crippen LogP contribution in [0.5, 0.6) is 5.75 Å². The fourth-order valence-corrected chi connectivity index (χ4v) is 4.44. The average Bonchev–Trinajstić information content (AvgIpc) is 3.27. The van der Waals surface area contributed by atoms with Crippen molar-refractivity contribution in [2.75, 3.05) is 5.73 Å². The summed E-state index contributed by atoms with van der Waals surface area (Å²) in [6.07, 6.45) is 1.81. The SMILES string of the molecule is CC(C)C(O)c1nc(-c2cnc(N)c(OC(F)(F)F)c2)cn1C12CCC(C1)C2. The summed E-state index contributed by atoms with van der Waals surface area (Å²) in [6.45, 7) is 3.80. The maximum atomic E-state index is 12.6. The Hall–Kier alpha value is -2.29. The van der Waals surface area contributed by atoms with Crippen LogP contribution in [0.4, 0.5) is 19.0 Å². The smallest absolute Gasteiger partial charge is 0.402 e. The summed E-state index contributed by atoms with van der Waals surface area (Å²) >= 11 is 0. The second-order valence-corrected chi connectivity index (χ2v) is 8.24. The number of anilines is 1. The molecule has 2 bridgehead atoms. The van der Waals surface area contributed by atoms with Crippen molar-refractivity contribution < 1.29 is 23.0 Å². The number of nitrogens with zero attached hydrogens (tertiary/aromatic N) is 3. The molecule has 0 amide bonds. The third-order valence-electron chi connectivity index (χ3n) is 5.90. The number of hydrogen-bond acceptors (Lipinski definition) is 5. The number of rotatable bonds is 5. The third-order valence-corrected chi connectivity index (χ3v) is 5.90. The maximum absolute atomic E-state index is 12.6. The van der Waals surface area contributed by atoms with Crippen molar-refractivity contribution >= 4 is 5.82 Å². The number of fused-ring (bicyclic) bond motifs is 1. The molecule has 0 spiro atoms. The molecule has 6 nitrogen and oxygen atoms in total. The van der Waals surface area contributed by atoms with E-state index < -0.39 is 18.2 Å². The first-order valence-corrected chi connectivity index (χ1v) is 9.37. The molecule has 3 saturated carbocycles. The number of imidazole rings is 1. The van der Waals surface area contributed by atoms with Crippen LogP contribution in [0.2, 0.25) is 0 Å². The van der Waals surface area contributed by atoms with Crippen molar-refractivity contribution in [2.45, 2.75) is 57.5 Å². The van der Waals surface area contributed by atoms with Crippen molar-refractivity contribution in [3.05, 3.63) is 24.3 Å². The van der Waals surface area contributed by atoms with Crippen LogP contribution in [-0.2, 0) is 5.54 Å². The lowest BCUT2D eigenvalue weighted by Crippen LogP contribution is -2.40. The Kier molecular flexibility index (Phi) is 4.33. The van der Waals surface area contributed by atoms with Gasteiger partial charge in [0.25, 0.3) is 0 Å². The molecule has 2 heterocycles. The predicted octanol–water partition coefficient (Wildman–Crippen LogP) is 4.01. The second kappa shape index (κ2) is 6.37. The lowest BCUT2D eigenvalue weighted by Gasteiger charge is -2.41. The van der Waals surface area contributed by atoms with E-state index in [1.165, 1.54) is 12.3 Å². The molecule has 0 saturated heterocycles. The molecule has 9 heteroatoms. The molecule has 2 aromatic rings. The van der Waals surface area contributed by atoms with Gasteiger partial charge in [0.2, 0.25) is 0 Å². The van der Waals surface area contributed by atoms with E-state index in [2.05, 4.69) is 14.7 Å². The quantitative estimate of drug-likeness (QED) is 0.797. The zero-order chi connectivity index (χ0) is 20.3. The molecule has 5 rings (SSSR count). The number of alkyl halides is 3. The van der Waals surface area contributed by atoms with Gasteiger partial charge >= 0.3 is 6.36 Å². The number of nitrogen functional groups attached to an aromatic ring is 1. The van der Waals surface area contributed by atoms with Gasteiger partial charge in [0.1, 0.15) is 11.9 Å². The van der Waals surface area contributed by atoms with Gasteiger partial charge in [-0.15, -0.1) is 13.2 Å². The van der Waals surface area contributed by atoms with Crippen molar-refractivity contribution in [1.82, 2.24) is 14.5 Å². The fraction of sp³-hybridized carbons (Fsp3) is 0.579. The van der Waals surface area contributed by atoms with Gasteiger partial charge in [0.05, 0.1) is 5.69 Å². The van der Waals surface area contributed by atoms with Crippen LogP contribution >= 0.6 is 0 Å². The van der Waals surface area contributed by atoms with Crippen LogP contribution in [0.3, 0.4) is 0 Å². The lowest BCUT2D eigenvalue weighted by atomic mass is 9.76. The number of aliphatic hydroxyl groups excluding tert-OH is 1. The minimum atomic E-state index is -4.86. The second-order valence-electron chi connectivity index (χ2n) is 8.24. The van der Waals surface area contributed by atoms with Gasteiger partial charge in [0.15, 0.2) is 11.6 Å². The van der Waals surface area contributed by atoms with E-state index >= 15 is 0 Å². The molecule has 1 atom stereocenters. The first kappa shape index (κ1) is 19.0. The highest BCUT2D eigenvalue weighted by atomic mass is 19.4. The minimum absolute atomic E-state index is 0.0451. The first-order chi connectivity index (χ1) is 13.1. The Balaban J connectivity index is 1.76. The molecular weight excluding hydrogens is 373 g/mol. The number of nitrogens with two attached hydrogens (primary N) is 1. The maximum Gasteiger partial charge on any atom is 0.573 e. The van der Waals surface area contributed by atoms with Crippen molar-refractivity contribution in [1.29, 1.82) is 0 Å². The van der Waals surface area contributed by atoms with Crippen LogP contribution in [0.1, 0.15) is 51.5 Å². The van der Waals surface area contributed by atoms with Gasteiger partial charge in [-0.3, -0.25) is 0 Å². The molecule has 3 aliphatic rings. The van der Waals surface area contributed by atoms with E-state index in [1.54, 1.807) is 0 Å². The molecule has 1 unspecified atom stereocenters. The molecule has 2 aromatic heterocycles. The minimum Gasteiger partial charge on any atom is -0.402 e. The summed E-state index contributed by atoms with van der Waals surface area (Å²) in [4.78, 5) is 8.40. The van der Waals surface area contributed by atoms with E-state index in [0.717, 1.165) is 25.7 Å². The number of hydrogen-bond donors (Lipinski definition) is 2. The molecule has 28 heavy (non-hydrogen) atoms. The van der Waals surface area contributed by atoms with Gasteiger partial charge in [-0.25, -0.2) is 9.97 Å². The van der Waals surface area contributed by atoms with E-state index in [-0.39, 0.29) is 17.3 Å². The summed E-state index contributed by atoms with van der Waals surface area (Å²) in [5.74, 6) is 0.295. The van der Waals surface area contributed by atoms with Crippen molar-refractivity contribution in [3.8, 4) is 17.0 Å². The normalized spacial score (nSPS) is 25.0. The summed E-state index contributed by atoms with van der Waals surface area (Å²) in [6, 6.07) is 1.18. The highest BCUT2D eigenvalue weighted by Crippen LogP contribution is 2.58. The fourth-order valence-electron chi connectivity index (χ4n) is 4.44. The number of halogens is 3. The zero-order valence-electron chi connectivity index (χ0n) is 15.7. The van der Waals surface area contributed by atoms with Crippen molar-refractivity contribution in [3.63, 3.8) is 0 Å². The summed E-state index contributed by atoms with van der Waals surface area (Å²) in [5, 5.41) is 10.7. The molecule has 3 N–H and O–H groups in total. The number of aliphatic hydroxyl groups is 1. The van der Waals surface area contributed by atoms with Crippen molar-refractivity contribution in [2.24, 2.45) is 11.8 Å². The van der Waals surface area contributed by atoms with Crippen LogP contribution in [0.15, 0.2) is 18.5 Å². The highest BCUT2D eigenvalue weighted by molar-refractivity contribution is 5.64. The molecule has 3 fully saturated rings. The molecule has 0 aromatic carbocycles. The first-order valence-electron chi connectivity index (χ1n) is 9.37. The summed E-state index contributed by atoms with van der Waals surface area (Å²) in [7, 11) is 0. The lowest BCUT2D eigenvalue weighted by molar-refractivity contribution is -0.274. The molecule has 152 valence electrons. The number of ether oxygens (including phenoxy) is 1. The molecule has 0 aliphatic heterocycles. The van der Waals surface area contributed by atoms with Gasteiger partial charge in [-0.2, -0.15) is 0 Å². The third kappa shape index (κ3) is 3.21. The topological polar surface area (TPSA) is 86.2 Å². The summed E-state index contributed by atoms with van der Waals surface area (Å²) in [5.41, 5.74) is 6.27. The van der Waals surface area contributed by atoms with Gasteiger partial charge in [-0.1, -0.05) is 13.8 Å². The summed E-state index contributed by atoms with van der Waals surface area (Å²) < 4.78 is 43.9. The van der Waals surface area contributed by atoms with E-state index in [0.29, 0.717) is 23.0 Å². The molecular formula is C19H23F3N4O2. The number of pyridine rings is 1. The Labute approximate surface area is 160 Å². The van der Waals surface area contributed by atoms with Crippen LogP contribution in [0, 0.1) is 11.8 Å². The Bertz CT molecular complexity index is 882. The molecule has 3 aliphatic carbocycles. The standard InChI is InChI=1S/C19H23F3N4O2/c1-10(2)15(27)17-25-13(9-26(17)18-4-3-11(6-18)7-18)12-5-14(16(23)24-8-12)28-19(20,21)22/h5,8-11,15,27H,3-4,6-7H2,1-2H3,(H2,23,24). The molecule has 0 radical (unpaired) electrons. The van der Waals surface area contributed by atoms with Gasteiger partial charge in [-0.05, 0) is 43.6 Å². The Morgan fingerprint density at radius 2 is 2.07 bits per heavy atom. The zero-order valence-corrected chi connectivity index (χ0v) is 15.7. The van der Waals surface area contributed by atoms with Crippen LogP contribution < -0.4 is 10.5 Å². The Morgan fingerprint density at radius 1 is 1.36 bits per heavy atom. The van der Waals surface area contributed by atoms with Gasteiger partial charge < -0.3 is 20.1 Å². The predicted molar refractivity (Wildman–Crippen MR) is 96.3 cm³/mol. The highest BCUT2D eigenvalue weighted by Gasteiger charge is 2.52. The van der Waals surface area contributed by atoms with E-state index in [1.807, 2.05) is 24.6 Å².